The van der Waals surface area contributed by atoms with Gasteiger partial charge < -0.3 is 4.57 Å². The van der Waals surface area contributed by atoms with E-state index in [0.717, 1.165) is 29.5 Å². The molecule has 5 heteroatoms. The van der Waals surface area contributed by atoms with Crippen molar-refractivity contribution in [3.8, 4) is 11.1 Å². The van der Waals surface area contributed by atoms with Crippen LogP contribution in [0.25, 0.3) is 11.1 Å². The van der Waals surface area contributed by atoms with E-state index in [1.54, 1.807) is 0 Å². The summed E-state index contributed by atoms with van der Waals surface area (Å²) in [4.78, 5) is 13.1. The molecule has 3 aromatic carbocycles. The maximum atomic E-state index is 13.1. The van der Waals surface area contributed by atoms with Gasteiger partial charge in [0.05, 0.1) is 12.3 Å². The molecule has 2 aliphatic carbocycles. The zero-order valence-electron chi connectivity index (χ0n) is 17.7. The van der Waals surface area contributed by atoms with E-state index in [-0.39, 0.29) is 5.78 Å². The molecule has 1 heterocycles. The van der Waals surface area contributed by atoms with Crippen LogP contribution in [0, 0.1) is 0 Å². The van der Waals surface area contributed by atoms with Crippen LogP contribution in [0.3, 0.4) is 0 Å². The van der Waals surface area contributed by atoms with Gasteiger partial charge in [-0.1, -0.05) is 78.5 Å². The van der Waals surface area contributed by atoms with Crippen LogP contribution in [0.5, 0.6) is 0 Å². The molecular formula is C27H23N3OS. The van der Waals surface area contributed by atoms with Crippen molar-refractivity contribution in [3.63, 3.8) is 0 Å². The lowest BCUT2D eigenvalue weighted by Gasteiger charge is -2.10. The van der Waals surface area contributed by atoms with Crippen LogP contribution in [0.1, 0.15) is 51.6 Å². The van der Waals surface area contributed by atoms with Gasteiger partial charge in [-0.3, -0.25) is 4.79 Å². The van der Waals surface area contributed by atoms with Crippen molar-refractivity contribution in [2.45, 2.75) is 36.9 Å². The second-order valence-corrected chi connectivity index (χ2v) is 9.55. The summed E-state index contributed by atoms with van der Waals surface area (Å²) in [7, 11) is 0. The normalized spacial score (nSPS) is 14.2. The second-order valence-electron chi connectivity index (χ2n) is 8.60. The number of benzene rings is 3. The largest absolute Gasteiger partial charge is 0.301 e. The Balaban J connectivity index is 1.22. The monoisotopic (exact) mass is 437 g/mol. The number of carbonyl (C=O) groups excluding carboxylic acids is 1. The number of carbonyl (C=O) groups is 1. The molecule has 0 atom stereocenters. The van der Waals surface area contributed by atoms with E-state index in [1.807, 2.05) is 12.1 Å². The highest BCUT2D eigenvalue weighted by atomic mass is 32.2. The quantitative estimate of drug-likeness (QED) is 0.240. The number of Topliss-reactive ketones (excluding diaryl/α,β-unsaturated/α-hetero) is 1. The van der Waals surface area contributed by atoms with Crippen molar-refractivity contribution in [1.29, 1.82) is 0 Å². The fraction of sp³-hybridized carbons (Fsp3) is 0.222. The van der Waals surface area contributed by atoms with Gasteiger partial charge >= 0.3 is 0 Å². The van der Waals surface area contributed by atoms with Gasteiger partial charge in [-0.05, 0) is 53.1 Å². The Morgan fingerprint density at radius 3 is 2.53 bits per heavy atom. The van der Waals surface area contributed by atoms with Gasteiger partial charge in [0.25, 0.3) is 0 Å². The van der Waals surface area contributed by atoms with Crippen molar-refractivity contribution >= 4 is 17.5 Å². The van der Waals surface area contributed by atoms with Crippen LogP contribution in [0.4, 0.5) is 0 Å². The van der Waals surface area contributed by atoms with Gasteiger partial charge in [0, 0.05) is 11.5 Å². The molecule has 0 spiro atoms. The fourth-order valence-corrected chi connectivity index (χ4v) is 5.31. The third kappa shape index (κ3) is 3.67. The highest BCUT2D eigenvalue weighted by Gasteiger charge is 2.30. The summed E-state index contributed by atoms with van der Waals surface area (Å²) in [6.45, 7) is 0.742. The lowest BCUT2D eigenvalue weighted by Crippen LogP contribution is -2.08. The summed E-state index contributed by atoms with van der Waals surface area (Å²) in [6, 6.07) is 25.0. The van der Waals surface area contributed by atoms with E-state index in [9.17, 15) is 4.79 Å². The molecular weight excluding hydrogens is 414 g/mol. The molecule has 2 aliphatic rings. The molecule has 158 valence electrons. The van der Waals surface area contributed by atoms with E-state index in [4.69, 9.17) is 0 Å². The molecule has 0 unspecified atom stereocenters. The molecule has 0 aliphatic heterocycles. The Hall–Kier alpha value is -3.18. The number of fused-ring (bicyclic) bond motifs is 3. The minimum Gasteiger partial charge on any atom is -0.301 e. The van der Waals surface area contributed by atoms with Crippen LogP contribution in [-0.4, -0.2) is 26.3 Å². The third-order valence-corrected chi connectivity index (χ3v) is 7.29. The highest BCUT2D eigenvalue weighted by molar-refractivity contribution is 7.99. The van der Waals surface area contributed by atoms with Gasteiger partial charge in [-0.15, -0.1) is 10.2 Å². The molecule has 1 fully saturated rings. The summed E-state index contributed by atoms with van der Waals surface area (Å²) in [6.07, 6.45) is 3.29. The molecule has 0 amide bonds. The number of aromatic nitrogens is 3. The lowest BCUT2D eigenvalue weighted by atomic mass is 10.0. The van der Waals surface area contributed by atoms with Gasteiger partial charge in [-0.25, -0.2) is 0 Å². The first-order valence-electron chi connectivity index (χ1n) is 11.1. The maximum absolute atomic E-state index is 13.1. The van der Waals surface area contributed by atoms with Crippen molar-refractivity contribution in [2.24, 2.45) is 0 Å². The Bertz CT molecular complexity index is 1310. The molecule has 0 bridgehead atoms. The average Bonchev–Trinajstić information content (AvgIpc) is 3.50. The van der Waals surface area contributed by atoms with Gasteiger partial charge in [-0.2, -0.15) is 0 Å². The van der Waals surface area contributed by atoms with Gasteiger partial charge in [0.1, 0.15) is 5.82 Å². The summed E-state index contributed by atoms with van der Waals surface area (Å²) in [5, 5.41) is 9.76. The van der Waals surface area contributed by atoms with E-state index < -0.39 is 0 Å². The molecule has 0 saturated heterocycles. The topological polar surface area (TPSA) is 47.8 Å². The zero-order valence-corrected chi connectivity index (χ0v) is 18.5. The molecule has 6 rings (SSSR count). The molecule has 0 N–H and O–H groups in total. The van der Waals surface area contributed by atoms with Crippen molar-refractivity contribution in [2.75, 3.05) is 5.75 Å². The van der Waals surface area contributed by atoms with E-state index >= 15 is 0 Å². The summed E-state index contributed by atoms with van der Waals surface area (Å²) in [5.41, 5.74) is 7.07. The molecule has 0 radical (unpaired) electrons. The Morgan fingerprint density at radius 2 is 1.69 bits per heavy atom. The third-order valence-electron chi connectivity index (χ3n) is 6.32. The predicted molar refractivity (Wildman–Crippen MR) is 127 cm³/mol. The zero-order chi connectivity index (χ0) is 21.5. The SMILES string of the molecule is O=C(CSc1nnc(C2CC2)n1Cc1ccccc1)c1ccc2c(c1)-c1ccccc1C2. The summed E-state index contributed by atoms with van der Waals surface area (Å²) >= 11 is 1.49. The molecule has 1 aromatic heterocycles. The van der Waals surface area contributed by atoms with Gasteiger partial charge in [0.15, 0.2) is 10.9 Å². The predicted octanol–water partition coefficient (Wildman–Crippen LogP) is 5.75. The maximum Gasteiger partial charge on any atom is 0.191 e. The number of hydrogen-bond acceptors (Lipinski definition) is 4. The highest BCUT2D eigenvalue weighted by Crippen LogP contribution is 2.40. The van der Waals surface area contributed by atoms with Crippen LogP contribution >= 0.6 is 11.8 Å². The second kappa shape index (κ2) is 8.06. The van der Waals surface area contributed by atoms with Crippen LogP contribution in [0.15, 0.2) is 78.0 Å². The van der Waals surface area contributed by atoms with Crippen LogP contribution in [0.2, 0.25) is 0 Å². The van der Waals surface area contributed by atoms with Crippen molar-refractivity contribution in [1.82, 2.24) is 14.8 Å². The average molecular weight is 438 g/mol. The lowest BCUT2D eigenvalue weighted by molar-refractivity contribution is 0.102. The van der Waals surface area contributed by atoms with Crippen molar-refractivity contribution in [3.05, 3.63) is 101 Å². The number of hydrogen-bond donors (Lipinski definition) is 0. The number of ketones is 1. The van der Waals surface area contributed by atoms with Crippen LogP contribution in [-0.2, 0) is 13.0 Å². The van der Waals surface area contributed by atoms with Gasteiger partial charge in [0.2, 0.25) is 0 Å². The molecule has 32 heavy (non-hydrogen) atoms. The van der Waals surface area contributed by atoms with E-state index in [1.165, 1.54) is 52.4 Å². The Labute approximate surface area is 191 Å². The number of thioether (sulfide) groups is 1. The summed E-state index contributed by atoms with van der Waals surface area (Å²) in [5.74, 6) is 2.05. The van der Waals surface area contributed by atoms with E-state index in [0.29, 0.717) is 11.7 Å². The molecule has 1 saturated carbocycles. The Morgan fingerprint density at radius 1 is 0.906 bits per heavy atom. The fourth-order valence-electron chi connectivity index (χ4n) is 4.48. The molecule has 4 nitrogen and oxygen atoms in total. The number of nitrogens with zero attached hydrogens (tertiary/aromatic N) is 3. The first-order valence-corrected chi connectivity index (χ1v) is 12.1. The first kappa shape index (κ1) is 19.5. The molecule has 4 aromatic rings. The minimum absolute atomic E-state index is 0.129. The van der Waals surface area contributed by atoms with Crippen LogP contribution < -0.4 is 0 Å². The van der Waals surface area contributed by atoms with E-state index in [2.05, 4.69) is 75.4 Å². The standard InChI is InChI=1S/C27H23N3OS/c31-25(22-13-12-21-14-20-8-4-5-9-23(20)24(21)15-22)17-32-27-29-28-26(19-10-11-19)30(27)16-18-6-2-1-3-7-18/h1-9,12-13,15,19H,10-11,14,16-17H2. The minimum atomic E-state index is 0.129. The Kier molecular flexibility index (Phi) is 4.91. The smallest absolute Gasteiger partial charge is 0.191 e. The number of rotatable bonds is 7. The summed E-state index contributed by atoms with van der Waals surface area (Å²) < 4.78 is 2.20. The van der Waals surface area contributed by atoms with Crippen molar-refractivity contribution < 1.29 is 4.79 Å². The first-order chi connectivity index (χ1) is 15.8.